The molecule has 168 valence electrons. The lowest BCUT2D eigenvalue weighted by Crippen LogP contribution is -2.39. The Kier molecular flexibility index (Phi) is 9.80. The minimum Gasteiger partial charge on any atom is -0.378 e. The maximum Gasteiger partial charge on any atom is 0.190 e. The van der Waals surface area contributed by atoms with E-state index < -0.39 is 0 Å². The van der Waals surface area contributed by atoms with Crippen molar-refractivity contribution in [2.75, 3.05) is 39.8 Å². The molecule has 3 rings (SSSR count). The Morgan fingerprint density at radius 2 is 1.84 bits per heavy atom. The number of guanidine groups is 1. The standard InChI is InChI=1S/C25H37N5O/c1-21-9-10-22(19-29-21)11-15-28-25(26-2)27-14-6-18-31-24-12-16-30(17-13-24)20-23-7-4-3-5-8-23/h3-5,7-10,19,24H,6,11-18,20H2,1-2H3,(H2,26,27,28). The zero-order valence-corrected chi connectivity index (χ0v) is 19.0. The van der Waals surface area contributed by atoms with Gasteiger partial charge in [0.05, 0.1) is 6.10 Å². The van der Waals surface area contributed by atoms with Gasteiger partial charge in [-0.25, -0.2) is 0 Å². The minimum absolute atomic E-state index is 0.396. The van der Waals surface area contributed by atoms with Gasteiger partial charge in [-0.05, 0) is 49.8 Å². The predicted octanol–water partition coefficient (Wildman–Crippen LogP) is 3.17. The van der Waals surface area contributed by atoms with Gasteiger partial charge in [-0.2, -0.15) is 0 Å². The second-order valence-electron chi connectivity index (χ2n) is 8.17. The largest absolute Gasteiger partial charge is 0.378 e. The first kappa shape index (κ1) is 23.2. The molecule has 0 atom stereocenters. The fourth-order valence-corrected chi connectivity index (χ4v) is 3.80. The molecule has 1 fully saturated rings. The van der Waals surface area contributed by atoms with Gasteiger partial charge in [0.25, 0.3) is 0 Å². The van der Waals surface area contributed by atoms with E-state index >= 15 is 0 Å². The third-order valence-corrected chi connectivity index (χ3v) is 5.65. The quantitative estimate of drug-likeness (QED) is 0.349. The summed E-state index contributed by atoms with van der Waals surface area (Å²) in [6.45, 7) is 7.77. The van der Waals surface area contributed by atoms with Gasteiger partial charge in [-0.15, -0.1) is 0 Å². The Bertz CT molecular complexity index is 770. The van der Waals surface area contributed by atoms with E-state index in [1.54, 1.807) is 0 Å². The highest BCUT2D eigenvalue weighted by molar-refractivity contribution is 5.79. The molecule has 31 heavy (non-hydrogen) atoms. The Balaban J connectivity index is 1.21. The molecule has 1 aromatic carbocycles. The zero-order chi connectivity index (χ0) is 21.7. The lowest BCUT2D eigenvalue weighted by molar-refractivity contribution is 0.00534. The molecule has 1 aliphatic heterocycles. The van der Waals surface area contributed by atoms with Gasteiger partial charge < -0.3 is 15.4 Å². The second-order valence-corrected chi connectivity index (χ2v) is 8.17. The number of rotatable bonds is 10. The first-order valence-electron chi connectivity index (χ1n) is 11.5. The number of nitrogens with zero attached hydrogens (tertiary/aromatic N) is 3. The smallest absolute Gasteiger partial charge is 0.190 e. The highest BCUT2D eigenvalue weighted by atomic mass is 16.5. The van der Waals surface area contributed by atoms with Crippen molar-refractivity contribution < 1.29 is 4.74 Å². The van der Waals surface area contributed by atoms with Crippen molar-refractivity contribution in [3.8, 4) is 0 Å². The molecule has 6 nitrogen and oxygen atoms in total. The number of hydrogen-bond acceptors (Lipinski definition) is 4. The predicted molar refractivity (Wildman–Crippen MR) is 127 cm³/mol. The molecule has 1 aliphatic rings. The van der Waals surface area contributed by atoms with E-state index in [9.17, 15) is 0 Å². The average Bonchev–Trinajstić information content (AvgIpc) is 2.80. The molecule has 1 aromatic heterocycles. The fraction of sp³-hybridized carbons (Fsp3) is 0.520. The number of aromatic nitrogens is 1. The van der Waals surface area contributed by atoms with E-state index in [0.29, 0.717) is 6.10 Å². The highest BCUT2D eigenvalue weighted by Crippen LogP contribution is 2.16. The number of aliphatic imine (C=N–C) groups is 1. The first-order valence-corrected chi connectivity index (χ1v) is 11.5. The zero-order valence-electron chi connectivity index (χ0n) is 19.0. The summed E-state index contributed by atoms with van der Waals surface area (Å²) >= 11 is 0. The normalized spacial score (nSPS) is 15.7. The van der Waals surface area contributed by atoms with Crippen LogP contribution in [0.4, 0.5) is 0 Å². The third-order valence-electron chi connectivity index (χ3n) is 5.65. The molecule has 0 amide bonds. The van der Waals surface area contributed by atoms with Crippen molar-refractivity contribution in [3.63, 3.8) is 0 Å². The topological polar surface area (TPSA) is 61.8 Å². The number of pyridine rings is 1. The van der Waals surface area contributed by atoms with Gasteiger partial charge in [-0.3, -0.25) is 14.9 Å². The minimum atomic E-state index is 0.396. The van der Waals surface area contributed by atoms with Crippen LogP contribution >= 0.6 is 0 Å². The molecule has 0 spiro atoms. The van der Waals surface area contributed by atoms with Crippen LogP contribution in [-0.2, 0) is 17.7 Å². The average molecular weight is 424 g/mol. The number of nitrogens with one attached hydrogen (secondary N) is 2. The SMILES string of the molecule is CN=C(NCCCOC1CCN(Cc2ccccc2)CC1)NCCc1ccc(C)nc1. The molecule has 2 N–H and O–H groups in total. The van der Waals surface area contributed by atoms with Gasteiger partial charge in [0.15, 0.2) is 5.96 Å². The van der Waals surface area contributed by atoms with Crippen LogP contribution in [-0.4, -0.2) is 61.8 Å². The Labute approximate surface area is 187 Å². The van der Waals surface area contributed by atoms with Crippen molar-refractivity contribution >= 4 is 5.96 Å². The van der Waals surface area contributed by atoms with Crippen molar-refractivity contribution in [3.05, 3.63) is 65.5 Å². The summed E-state index contributed by atoms with van der Waals surface area (Å²) in [5.74, 6) is 0.842. The van der Waals surface area contributed by atoms with Crippen molar-refractivity contribution in [1.82, 2.24) is 20.5 Å². The Morgan fingerprint density at radius 1 is 1.06 bits per heavy atom. The number of likely N-dealkylation sites (tertiary alicyclic amines) is 1. The molecule has 2 heterocycles. The van der Waals surface area contributed by atoms with E-state index in [4.69, 9.17) is 4.74 Å². The van der Waals surface area contributed by atoms with Crippen LogP contribution in [0.5, 0.6) is 0 Å². The lowest BCUT2D eigenvalue weighted by Gasteiger charge is -2.32. The van der Waals surface area contributed by atoms with Crippen molar-refractivity contribution in [2.45, 2.75) is 45.3 Å². The monoisotopic (exact) mass is 423 g/mol. The maximum absolute atomic E-state index is 6.11. The van der Waals surface area contributed by atoms with Crippen LogP contribution in [0, 0.1) is 6.92 Å². The number of benzene rings is 1. The molecule has 0 unspecified atom stereocenters. The number of ether oxygens (including phenoxy) is 1. The molecule has 0 radical (unpaired) electrons. The highest BCUT2D eigenvalue weighted by Gasteiger charge is 2.19. The van der Waals surface area contributed by atoms with Crippen LogP contribution in [0.25, 0.3) is 0 Å². The summed E-state index contributed by atoms with van der Waals surface area (Å²) in [5, 5.41) is 6.73. The second kappa shape index (κ2) is 13.1. The van der Waals surface area contributed by atoms with Gasteiger partial charge in [0.2, 0.25) is 0 Å². The third kappa shape index (κ3) is 8.67. The van der Waals surface area contributed by atoms with Crippen molar-refractivity contribution in [2.24, 2.45) is 4.99 Å². The molecular weight excluding hydrogens is 386 g/mol. The van der Waals surface area contributed by atoms with Gasteiger partial charge in [0.1, 0.15) is 0 Å². The summed E-state index contributed by atoms with van der Waals surface area (Å²) in [7, 11) is 1.81. The molecule has 2 aromatic rings. The maximum atomic E-state index is 6.11. The Hall–Kier alpha value is -2.44. The van der Waals surface area contributed by atoms with Crippen LogP contribution in [0.2, 0.25) is 0 Å². The van der Waals surface area contributed by atoms with Crippen LogP contribution < -0.4 is 10.6 Å². The van der Waals surface area contributed by atoms with Crippen LogP contribution in [0.15, 0.2) is 53.7 Å². The van der Waals surface area contributed by atoms with Gasteiger partial charge in [-0.1, -0.05) is 36.4 Å². The summed E-state index contributed by atoms with van der Waals surface area (Å²) in [5.41, 5.74) is 3.68. The summed E-state index contributed by atoms with van der Waals surface area (Å²) < 4.78 is 6.11. The fourth-order valence-electron chi connectivity index (χ4n) is 3.80. The Morgan fingerprint density at radius 3 is 2.55 bits per heavy atom. The van der Waals surface area contributed by atoms with Crippen LogP contribution in [0.3, 0.4) is 0 Å². The number of aryl methyl sites for hydroxylation is 1. The molecular formula is C25H37N5O. The summed E-state index contributed by atoms with van der Waals surface area (Å²) in [6, 6.07) is 14.9. The van der Waals surface area contributed by atoms with Crippen molar-refractivity contribution in [1.29, 1.82) is 0 Å². The first-order chi connectivity index (χ1) is 15.2. The number of piperidine rings is 1. The van der Waals surface area contributed by atoms with E-state index in [-0.39, 0.29) is 0 Å². The molecule has 0 aliphatic carbocycles. The summed E-state index contributed by atoms with van der Waals surface area (Å²) in [6.07, 6.45) is 6.49. The van der Waals surface area contributed by atoms with Gasteiger partial charge in [0, 0.05) is 58.3 Å². The van der Waals surface area contributed by atoms with Crippen LogP contribution in [0.1, 0.15) is 36.1 Å². The lowest BCUT2D eigenvalue weighted by atomic mass is 10.1. The molecule has 0 saturated carbocycles. The molecule has 1 saturated heterocycles. The van der Waals surface area contributed by atoms with E-state index in [2.05, 4.69) is 68.0 Å². The summed E-state index contributed by atoms with van der Waals surface area (Å²) in [4.78, 5) is 11.2. The van der Waals surface area contributed by atoms with E-state index in [1.807, 2.05) is 20.2 Å². The molecule has 0 bridgehead atoms. The number of hydrogen-bond donors (Lipinski definition) is 2. The van der Waals surface area contributed by atoms with Gasteiger partial charge >= 0.3 is 0 Å². The van der Waals surface area contributed by atoms with E-state index in [0.717, 1.165) is 76.7 Å². The van der Waals surface area contributed by atoms with E-state index in [1.165, 1.54) is 11.1 Å². The molecule has 6 heteroatoms.